The van der Waals surface area contributed by atoms with Crippen LogP contribution >= 0.6 is 0 Å². The SMILES string of the molecule is Cc1ccc([C@H](O)[C@H](C)N[B]C=O)cc1. The normalized spacial score (nSPS) is 14.3. The molecule has 2 N–H and O–H groups in total. The minimum atomic E-state index is -0.609. The Morgan fingerprint density at radius 1 is 1.40 bits per heavy atom. The second kappa shape index (κ2) is 5.68. The number of benzene rings is 1. The van der Waals surface area contributed by atoms with Gasteiger partial charge in [0, 0.05) is 6.04 Å². The summed E-state index contributed by atoms with van der Waals surface area (Å²) in [6.45, 7) is 3.82. The smallest absolute Gasteiger partial charge is 0.290 e. The highest BCUT2D eigenvalue weighted by molar-refractivity contribution is 6.64. The molecule has 0 aliphatic heterocycles. The summed E-state index contributed by atoms with van der Waals surface area (Å²) in [5.41, 5.74) is 2.01. The van der Waals surface area contributed by atoms with Crippen molar-refractivity contribution in [3.8, 4) is 0 Å². The Morgan fingerprint density at radius 2 is 2.00 bits per heavy atom. The lowest BCUT2D eigenvalue weighted by Gasteiger charge is -2.19. The van der Waals surface area contributed by atoms with Gasteiger partial charge >= 0.3 is 0 Å². The quantitative estimate of drug-likeness (QED) is 0.551. The summed E-state index contributed by atoms with van der Waals surface area (Å²) < 4.78 is 0. The minimum Gasteiger partial charge on any atom is -0.387 e. The minimum absolute atomic E-state index is 0.182. The fourth-order valence-electron chi connectivity index (χ4n) is 1.33. The molecular weight excluding hydrogens is 189 g/mol. The molecule has 0 aromatic heterocycles. The van der Waals surface area contributed by atoms with Crippen LogP contribution < -0.4 is 5.23 Å². The molecule has 0 amide bonds. The van der Waals surface area contributed by atoms with Gasteiger partial charge in [0.2, 0.25) is 0 Å². The topological polar surface area (TPSA) is 49.3 Å². The summed E-state index contributed by atoms with van der Waals surface area (Å²) in [5.74, 6) is 0. The molecule has 0 spiro atoms. The standard InChI is InChI=1S/C11H15BNO2/c1-8-3-5-10(6-4-8)11(15)9(2)13-12-7-14/h3-7,9,11,13,15H,1-2H3/t9-,11+/m0/s1. The van der Waals surface area contributed by atoms with Gasteiger partial charge in [0.1, 0.15) is 0 Å². The van der Waals surface area contributed by atoms with Crippen LogP contribution in [0.25, 0.3) is 0 Å². The van der Waals surface area contributed by atoms with E-state index in [0.29, 0.717) is 6.19 Å². The molecule has 0 heterocycles. The van der Waals surface area contributed by atoms with Gasteiger partial charge in [0.25, 0.3) is 7.41 Å². The number of nitrogens with one attached hydrogen (secondary N) is 1. The molecule has 1 radical (unpaired) electrons. The summed E-state index contributed by atoms with van der Waals surface area (Å²) in [4.78, 5) is 10.1. The van der Waals surface area contributed by atoms with Crippen LogP contribution in [0.3, 0.4) is 0 Å². The van der Waals surface area contributed by atoms with E-state index in [9.17, 15) is 9.90 Å². The van der Waals surface area contributed by atoms with Crippen molar-refractivity contribution >= 4 is 13.6 Å². The number of aliphatic hydroxyl groups is 1. The third-order valence-corrected chi connectivity index (χ3v) is 2.32. The first-order valence-corrected chi connectivity index (χ1v) is 4.93. The molecule has 0 bridgehead atoms. The largest absolute Gasteiger partial charge is 0.387 e. The molecule has 4 heteroatoms. The van der Waals surface area contributed by atoms with Gasteiger partial charge in [-0.05, 0) is 19.4 Å². The Kier molecular flexibility index (Phi) is 4.53. The average molecular weight is 204 g/mol. The number of aliphatic hydroxyl groups excluding tert-OH is 1. The van der Waals surface area contributed by atoms with Gasteiger partial charge in [-0.15, -0.1) is 0 Å². The highest BCUT2D eigenvalue weighted by Crippen LogP contribution is 2.16. The van der Waals surface area contributed by atoms with E-state index in [0.717, 1.165) is 11.1 Å². The second-order valence-electron chi connectivity index (χ2n) is 3.61. The predicted octanol–water partition coefficient (Wildman–Crippen LogP) is 0.816. The molecule has 79 valence electrons. The third kappa shape index (κ3) is 3.49. The predicted molar refractivity (Wildman–Crippen MR) is 61.2 cm³/mol. The first kappa shape index (κ1) is 11.9. The van der Waals surface area contributed by atoms with Crippen molar-refractivity contribution < 1.29 is 9.90 Å². The molecule has 0 aliphatic rings. The van der Waals surface area contributed by atoms with E-state index in [1.165, 1.54) is 7.41 Å². The molecule has 0 unspecified atom stereocenters. The zero-order chi connectivity index (χ0) is 11.3. The van der Waals surface area contributed by atoms with Gasteiger partial charge in [-0.1, -0.05) is 29.8 Å². The number of hydrogen-bond donors (Lipinski definition) is 2. The van der Waals surface area contributed by atoms with Crippen molar-refractivity contribution in [2.45, 2.75) is 26.0 Å². The summed E-state index contributed by atoms with van der Waals surface area (Å²) in [6.07, 6.45) is 0.0556. The molecule has 0 saturated carbocycles. The van der Waals surface area contributed by atoms with Gasteiger partial charge in [-0.25, -0.2) is 0 Å². The third-order valence-electron chi connectivity index (χ3n) is 2.32. The maximum absolute atomic E-state index is 10.1. The number of carbonyl (C=O) groups is 1. The van der Waals surface area contributed by atoms with Crippen molar-refractivity contribution in [1.82, 2.24) is 5.23 Å². The van der Waals surface area contributed by atoms with Crippen LogP contribution in [0, 0.1) is 6.92 Å². The van der Waals surface area contributed by atoms with Gasteiger partial charge in [-0.2, -0.15) is 0 Å². The van der Waals surface area contributed by atoms with Crippen LogP contribution in [0.5, 0.6) is 0 Å². The molecule has 1 rings (SSSR count). The lowest BCUT2D eigenvalue weighted by molar-refractivity contribution is 0.146. The van der Waals surface area contributed by atoms with E-state index >= 15 is 0 Å². The van der Waals surface area contributed by atoms with Gasteiger partial charge in [0.05, 0.1) is 12.3 Å². The summed E-state index contributed by atoms with van der Waals surface area (Å²) in [6, 6.07) is 7.50. The van der Waals surface area contributed by atoms with Crippen LogP contribution in [0.1, 0.15) is 24.2 Å². The van der Waals surface area contributed by atoms with E-state index in [-0.39, 0.29) is 6.04 Å². The Balaban J connectivity index is 2.62. The number of rotatable bonds is 5. The van der Waals surface area contributed by atoms with E-state index in [1.54, 1.807) is 0 Å². The van der Waals surface area contributed by atoms with Crippen molar-refractivity contribution in [2.24, 2.45) is 0 Å². The highest BCUT2D eigenvalue weighted by Gasteiger charge is 2.15. The Labute approximate surface area is 90.8 Å². The number of aryl methyl sites for hydroxylation is 1. The molecule has 0 aliphatic carbocycles. The molecular formula is C11H15BNO2. The number of hydrogen-bond acceptors (Lipinski definition) is 3. The molecule has 3 nitrogen and oxygen atoms in total. The van der Waals surface area contributed by atoms with Crippen molar-refractivity contribution in [3.05, 3.63) is 35.4 Å². The fraction of sp³-hybridized carbons (Fsp3) is 0.364. The second-order valence-corrected chi connectivity index (χ2v) is 3.61. The maximum Gasteiger partial charge on any atom is 0.290 e. The molecule has 0 fully saturated rings. The van der Waals surface area contributed by atoms with Crippen molar-refractivity contribution in [2.75, 3.05) is 0 Å². The molecule has 15 heavy (non-hydrogen) atoms. The van der Waals surface area contributed by atoms with Crippen molar-refractivity contribution in [1.29, 1.82) is 0 Å². The first-order chi connectivity index (χ1) is 7.15. The molecule has 0 saturated heterocycles. The van der Waals surface area contributed by atoms with Crippen LogP contribution in [0.4, 0.5) is 0 Å². The number of carbonyl (C=O) groups excluding carboxylic acids is 1. The average Bonchev–Trinajstić information content (AvgIpc) is 2.26. The summed E-state index contributed by atoms with van der Waals surface area (Å²) in [7, 11) is 1.29. The first-order valence-electron chi connectivity index (χ1n) is 4.93. The van der Waals surface area contributed by atoms with Crippen LogP contribution in [-0.2, 0) is 4.79 Å². The fourth-order valence-corrected chi connectivity index (χ4v) is 1.33. The van der Waals surface area contributed by atoms with E-state index in [1.807, 2.05) is 38.1 Å². The lowest BCUT2D eigenvalue weighted by atomic mass is 9.93. The summed E-state index contributed by atoms with van der Waals surface area (Å²) in [5, 5.41) is 12.7. The van der Waals surface area contributed by atoms with Crippen LogP contribution in [0.2, 0.25) is 0 Å². The van der Waals surface area contributed by atoms with Crippen LogP contribution in [0.15, 0.2) is 24.3 Å². The Bertz CT molecular complexity index is 313. The highest BCUT2D eigenvalue weighted by atomic mass is 16.3. The zero-order valence-electron chi connectivity index (χ0n) is 8.97. The van der Waals surface area contributed by atoms with Gasteiger partial charge < -0.3 is 15.1 Å². The zero-order valence-corrected chi connectivity index (χ0v) is 8.97. The van der Waals surface area contributed by atoms with E-state index < -0.39 is 6.10 Å². The molecule has 2 atom stereocenters. The maximum atomic E-state index is 10.1. The van der Waals surface area contributed by atoms with E-state index in [2.05, 4.69) is 5.23 Å². The van der Waals surface area contributed by atoms with E-state index in [4.69, 9.17) is 0 Å². The monoisotopic (exact) mass is 204 g/mol. The lowest BCUT2D eigenvalue weighted by Crippen LogP contribution is -2.35. The van der Waals surface area contributed by atoms with Gasteiger partial charge in [0.15, 0.2) is 0 Å². The molecule has 1 aromatic carbocycles. The van der Waals surface area contributed by atoms with Crippen molar-refractivity contribution in [3.63, 3.8) is 0 Å². The molecule has 1 aromatic rings. The van der Waals surface area contributed by atoms with Gasteiger partial charge in [-0.3, -0.25) is 0 Å². The Hall–Kier alpha value is -1.13. The Morgan fingerprint density at radius 3 is 2.53 bits per heavy atom. The summed E-state index contributed by atoms with van der Waals surface area (Å²) >= 11 is 0. The van der Waals surface area contributed by atoms with Crippen LogP contribution in [-0.4, -0.2) is 24.7 Å².